The molecule has 0 fully saturated rings. The van der Waals surface area contributed by atoms with Crippen molar-refractivity contribution in [2.24, 2.45) is 5.73 Å². The number of rotatable bonds is 0. The van der Waals surface area contributed by atoms with Crippen LogP contribution in [0.2, 0.25) is 0 Å². The Kier molecular flexibility index (Phi) is 5.17. The van der Waals surface area contributed by atoms with E-state index in [9.17, 15) is 9.59 Å². The molecule has 0 aliphatic carbocycles. The summed E-state index contributed by atoms with van der Waals surface area (Å²) in [6, 6.07) is 0. The van der Waals surface area contributed by atoms with Crippen molar-refractivity contribution in [2.75, 3.05) is 0 Å². The van der Waals surface area contributed by atoms with Gasteiger partial charge in [0.2, 0.25) is 0 Å². The molecular formula is C2H4LiNO3. The Hall–Kier alpha value is -0.463. The van der Waals surface area contributed by atoms with Crippen molar-refractivity contribution in [3.8, 4) is 0 Å². The van der Waals surface area contributed by atoms with E-state index in [-0.39, 0.29) is 20.3 Å². The second-order valence-electron chi connectivity index (χ2n) is 0.669. The predicted molar refractivity (Wildman–Crippen MR) is 17.9 cm³/mol. The van der Waals surface area contributed by atoms with Gasteiger partial charge in [-0.15, -0.1) is 0 Å². The van der Waals surface area contributed by atoms with E-state index in [0.717, 1.165) is 0 Å². The first-order valence-electron chi connectivity index (χ1n) is 1.17. The van der Waals surface area contributed by atoms with E-state index in [1.54, 1.807) is 0 Å². The first kappa shape index (κ1) is 9.74. The van der Waals surface area contributed by atoms with E-state index >= 15 is 0 Å². The van der Waals surface area contributed by atoms with E-state index in [1.165, 1.54) is 0 Å². The Labute approximate surface area is 53.3 Å². The molecule has 3 N–H and O–H groups in total. The van der Waals surface area contributed by atoms with Crippen LogP contribution in [0.5, 0.6) is 0 Å². The Bertz CT molecular complexity index is 83.3. The van der Waals surface area contributed by atoms with Crippen LogP contribution in [-0.2, 0) is 9.59 Å². The van der Waals surface area contributed by atoms with Gasteiger partial charge in [0.15, 0.2) is 0 Å². The zero-order valence-electron chi connectivity index (χ0n) is 4.84. The number of amides is 1. The fourth-order valence-corrected chi connectivity index (χ4v) is 0. The van der Waals surface area contributed by atoms with Crippen LogP contribution in [-0.4, -0.2) is 17.0 Å². The summed E-state index contributed by atoms with van der Waals surface area (Å²) < 4.78 is 0. The van der Waals surface area contributed by atoms with Gasteiger partial charge in [-0.3, -0.25) is 4.79 Å². The number of carboxylic acids is 1. The van der Waals surface area contributed by atoms with Gasteiger partial charge >= 0.3 is 30.7 Å². The zero-order chi connectivity index (χ0) is 5.15. The zero-order valence-corrected chi connectivity index (χ0v) is 3.84. The van der Waals surface area contributed by atoms with Crippen molar-refractivity contribution < 1.29 is 35.0 Å². The fraction of sp³-hybridized carbons (Fsp3) is 0. The molecule has 0 bridgehead atoms. The van der Waals surface area contributed by atoms with Crippen LogP contribution in [0.25, 0.3) is 0 Å². The molecule has 0 saturated carbocycles. The van der Waals surface area contributed by atoms with Crippen molar-refractivity contribution in [1.82, 2.24) is 0 Å². The van der Waals surface area contributed by atoms with Crippen LogP contribution in [0.3, 0.4) is 0 Å². The number of hydrogen-bond donors (Lipinski definition) is 2. The Morgan fingerprint density at radius 1 is 1.57 bits per heavy atom. The van der Waals surface area contributed by atoms with Crippen LogP contribution < -0.4 is 24.6 Å². The number of primary amides is 1. The molecule has 0 unspecified atom stereocenters. The molecule has 1 amide bonds. The maximum absolute atomic E-state index is 9.32. The summed E-state index contributed by atoms with van der Waals surface area (Å²) in [7, 11) is 0. The smallest absolute Gasteiger partial charge is 1.00 e. The predicted octanol–water partition coefficient (Wildman–Crippen LogP) is -4.33. The van der Waals surface area contributed by atoms with Gasteiger partial charge in [-0.2, -0.15) is 0 Å². The molecule has 0 aromatic carbocycles. The third-order valence-corrected chi connectivity index (χ3v) is 0.211. The maximum Gasteiger partial charge on any atom is 1.00 e. The average Bonchev–Trinajstić information content (AvgIpc) is 1.36. The maximum atomic E-state index is 9.32. The van der Waals surface area contributed by atoms with Crippen LogP contribution in [0, 0.1) is 0 Å². The molecule has 0 radical (unpaired) electrons. The SMILES string of the molecule is NC(=O)C(=O)O.[H-].[Li+]. The standard InChI is InChI=1S/C2H3NO3.Li.H/c3-1(4)2(5)6;;/h(H2,3,4)(H,5,6);;/q;+1;-1. The first-order valence-corrected chi connectivity index (χ1v) is 1.17. The molecule has 0 aliphatic rings. The van der Waals surface area contributed by atoms with Crippen molar-refractivity contribution >= 4 is 11.9 Å². The van der Waals surface area contributed by atoms with Gasteiger partial charge in [0, 0.05) is 0 Å². The number of hydrogen-bond acceptors (Lipinski definition) is 2. The van der Waals surface area contributed by atoms with Crippen molar-refractivity contribution in [3.05, 3.63) is 0 Å². The quantitative estimate of drug-likeness (QED) is 0.237. The van der Waals surface area contributed by atoms with Gasteiger partial charge in [-0.1, -0.05) is 0 Å². The summed E-state index contributed by atoms with van der Waals surface area (Å²) in [4.78, 5) is 18.5. The monoisotopic (exact) mass is 97.0 g/mol. The summed E-state index contributed by atoms with van der Waals surface area (Å²) in [5.74, 6) is -2.93. The number of carbonyl (C=O) groups is 2. The minimum atomic E-state index is -1.60. The number of carboxylic acid groups (broad SMARTS) is 1. The van der Waals surface area contributed by atoms with Crippen LogP contribution in [0.1, 0.15) is 1.43 Å². The second-order valence-corrected chi connectivity index (χ2v) is 0.669. The molecule has 0 spiro atoms. The van der Waals surface area contributed by atoms with Crippen LogP contribution in [0.15, 0.2) is 0 Å². The molecule has 36 valence electrons. The minimum Gasteiger partial charge on any atom is -1.00 e. The minimum absolute atomic E-state index is 0. The summed E-state index contributed by atoms with van der Waals surface area (Å²) in [5, 5.41) is 7.52. The summed E-state index contributed by atoms with van der Waals surface area (Å²) in [5.41, 5.74) is 4.20. The average molecular weight is 97.0 g/mol. The number of nitrogens with two attached hydrogens (primary N) is 1. The molecule has 7 heavy (non-hydrogen) atoms. The first-order chi connectivity index (χ1) is 2.64. The van der Waals surface area contributed by atoms with Crippen molar-refractivity contribution in [2.45, 2.75) is 0 Å². The summed E-state index contributed by atoms with van der Waals surface area (Å²) >= 11 is 0. The molecule has 0 aliphatic heterocycles. The molecule has 5 heteroatoms. The number of carbonyl (C=O) groups excluding carboxylic acids is 1. The van der Waals surface area contributed by atoms with Crippen molar-refractivity contribution in [1.29, 1.82) is 0 Å². The van der Waals surface area contributed by atoms with Gasteiger partial charge in [-0.05, 0) is 0 Å². The topological polar surface area (TPSA) is 80.4 Å². The summed E-state index contributed by atoms with van der Waals surface area (Å²) in [6.07, 6.45) is 0. The normalized spacial score (nSPS) is 6.29. The molecule has 4 nitrogen and oxygen atoms in total. The number of aliphatic carboxylic acids is 1. The van der Waals surface area contributed by atoms with Gasteiger partial charge in [0.1, 0.15) is 0 Å². The molecule has 0 heterocycles. The van der Waals surface area contributed by atoms with Gasteiger partial charge in [0.05, 0.1) is 0 Å². The molecule has 0 atom stereocenters. The van der Waals surface area contributed by atoms with E-state index < -0.39 is 11.9 Å². The Balaban J connectivity index is -0.000000125. The van der Waals surface area contributed by atoms with E-state index in [4.69, 9.17) is 5.11 Å². The Morgan fingerprint density at radius 3 is 1.71 bits per heavy atom. The Morgan fingerprint density at radius 2 is 1.71 bits per heavy atom. The third kappa shape index (κ3) is 5.54. The van der Waals surface area contributed by atoms with E-state index in [0.29, 0.717) is 0 Å². The van der Waals surface area contributed by atoms with Crippen molar-refractivity contribution in [3.63, 3.8) is 0 Å². The third-order valence-electron chi connectivity index (χ3n) is 0.211. The van der Waals surface area contributed by atoms with Gasteiger partial charge < -0.3 is 12.3 Å². The molecule has 0 saturated heterocycles. The largest absolute Gasteiger partial charge is 1.00 e. The second kappa shape index (κ2) is 3.72. The van der Waals surface area contributed by atoms with Crippen LogP contribution >= 0.6 is 0 Å². The van der Waals surface area contributed by atoms with Gasteiger partial charge in [-0.25, -0.2) is 4.79 Å². The fourth-order valence-electron chi connectivity index (χ4n) is 0. The van der Waals surface area contributed by atoms with E-state index in [1.807, 2.05) is 0 Å². The summed E-state index contributed by atoms with van der Waals surface area (Å²) in [6.45, 7) is 0. The molecular weight excluding hydrogens is 93.0 g/mol. The van der Waals surface area contributed by atoms with E-state index in [2.05, 4.69) is 5.73 Å². The molecule has 0 rings (SSSR count). The van der Waals surface area contributed by atoms with Crippen LogP contribution in [0.4, 0.5) is 0 Å². The molecule has 0 aromatic rings. The van der Waals surface area contributed by atoms with Gasteiger partial charge in [0.25, 0.3) is 0 Å². The molecule has 0 aromatic heterocycles.